The van der Waals surface area contributed by atoms with Crippen LogP contribution in [-0.2, 0) is 19.1 Å². The van der Waals surface area contributed by atoms with Gasteiger partial charge in [0, 0.05) is 12.9 Å². The van der Waals surface area contributed by atoms with Gasteiger partial charge in [-0.05, 0) is 33.1 Å². The summed E-state index contributed by atoms with van der Waals surface area (Å²) in [5.41, 5.74) is -0.694. The van der Waals surface area contributed by atoms with Gasteiger partial charge >= 0.3 is 5.97 Å². The Morgan fingerprint density at radius 1 is 1.36 bits per heavy atom. The van der Waals surface area contributed by atoms with E-state index in [0.717, 1.165) is 12.2 Å². The lowest BCUT2D eigenvalue weighted by Gasteiger charge is -2.33. The number of nitrogens with zero attached hydrogens (tertiary/aromatic N) is 1. The summed E-state index contributed by atoms with van der Waals surface area (Å²) >= 11 is 6.89. The van der Waals surface area contributed by atoms with Gasteiger partial charge in [-0.3, -0.25) is 14.5 Å². The third kappa shape index (κ3) is 5.66. The number of esters is 1. The van der Waals surface area contributed by atoms with E-state index < -0.39 is 23.6 Å². The predicted molar refractivity (Wildman–Crippen MR) is 106 cm³/mol. The normalized spacial score (nSPS) is 20.7. The highest BCUT2D eigenvalue weighted by molar-refractivity contribution is 8.23. The van der Waals surface area contributed by atoms with Crippen LogP contribution in [-0.4, -0.2) is 52.2 Å². The Balaban J connectivity index is 3.14. The number of hydrogen-bond acceptors (Lipinski definition) is 6. The van der Waals surface area contributed by atoms with Crippen molar-refractivity contribution in [2.24, 2.45) is 11.3 Å². The molecule has 1 fully saturated rings. The lowest BCUT2D eigenvalue weighted by atomic mass is 9.96. The molecule has 0 aliphatic carbocycles. The summed E-state index contributed by atoms with van der Waals surface area (Å²) in [7, 11) is 1.54. The van der Waals surface area contributed by atoms with Crippen LogP contribution in [0.3, 0.4) is 0 Å². The highest BCUT2D eigenvalue weighted by Crippen LogP contribution is 2.31. The first-order valence-corrected chi connectivity index (χ1v) is 10.2. The number of thioether (sulfide) groups is 1. The van der Waals surface area contributed by atoms with Crippen LogP contribution >= 0.6 is 24.0 Å². The van der Waals surface area contributed by atoms with Gasteiger partial charge in [0.05, 0.1) is 11.5 Å². The minimum absolute atomic E-state index is 0.0139. The third-order valence-corrected chi connectivity index (χ3v) is 5.72. The van der Waals surface area contributed by atoms with E-state index in [1.807, 2.05) is 6.92 Å². The van der Waals surface area contributed by atoms with E-state index in [4.69, 9.17) is 21.7 Å². The summed E-state index contributed by atoms with van der Waals surface area (Å²) < 4.78 is 11.7. The largest absolute Gasteiger partial charge is 0.449 e. The maximum Gasteiger partial charge on any atom is 0.312 e. The van der Waals surface area contributed by atoms with Crippen molar-refractivity contribution in [2.75, 3.05) is 12.9 Å². The van der Waals surface area contributed by atoms with Crippen molar-refractivity contribution in [1.82, 2.24) is 4.90 Å². The van der Waals surface area contributed by atoms with Gasteiger partial charge in [0.1, 0.15) is 10.4 Å². The standard InChI is InChI=1S/C18H31NO4S2/c1-8-9-13(22-7)14(23-16(21)18(4,5)6)15(20)19-12(11(2)3)10-25-17(19)24/h11-14H,8-10H2,1-7H3/t12-,13-,14-/m1/s1. The molecule has 1 rings (SSSR count). The molecule has 1 amide bonds. The van der Waals surface area contributed by atoms with Crippen LogP contribution in [0.4, 0.5) is 0 Å². The van der Waals surface area contributed by atoms with Gasteiger partial charge in [-0.25, -0.2) is 0 Å². The van der Waals surface area contributed by atoms with E-state index in [9.17, 15) is 9.59 Å². The molecule has 0 aromatic heterocycles. The number of hydrogen-bond donors (Lipinski definition) is 0. The van der Waals surface area contributed by atoms with Gasteiger partial charge in [-0.2, -0.15) is 0 Å². The Morgan fingerprint density at radius 3 is 2.40 bits per heavy atom. The smallest absolute Gasteiger partial charge is 0.312 e. The first-order valence-electron chi connectivity index (χ1n) is 8.78. The van der Waals surface area contributed by atoms with Gasteiger partial charge < -0.3 is 9.47 Å². The molecule has 1 saturated heterocycles. The third-order valence-electron chi connectivity index (χ3n) is 4.22. The number of methoxy groups -OCH3 is 1. The zero-order valence-electron chi connectivity index (χ0n) is 16.3. The summed E-state index contributed by atoms with van der Waals surface area (Å²) in [6, 6.07) is 0.0139. The van der Waals surface area contributed by atoms with Gasteiger partial charge in [0.25, 0.3) is 5.91 Å². The summed E-state index contributed by atoms with van der Waals surface area (Å²) in [6.45, 7) is 11.4. The summed E-state index contributed by atoms with van der Waals surface area (Å²) in [5, 5.41) is 0. The van der Waals surface area contributed by atoms with Crippen LogP contribution in [0, 0.1) is 11.3 Å². The van der Waals surface area contributed by atoms with E-state index in [2.05, 4.69) is 13.8 Å². The topological polar surface area (TPSA) is 55.8 Å². The van der Waals surface area contributed by atoms with Crippen molar-refractivity contribution in [1.29, 1.82) is 0 Å². The second kappa shape index (κ2) is 9.33. The molecule has 3 atom stereocenters. The van der Waals surface area contributed by atoms with E-state index in [1.54, 1.807) is 32.8 Å². The second-order valence-corrected chi connectivity index (χ2v) is 9.39. The Labute approximate surface area is 161 Å². The van der Waals surface area contributed by atoms with Crippen LogP contribution in [0.5, 0.6) is 0 Å². The molecule has 7 heteroatoms. The molecule has 0 spiro atoms. The molecule has 0 radical (unpaired) electrons. The molecular formula is C18H31NO4S2. The van der Waals surface area contributed by atoms with Gasteiger partial charge in [0.15, 0.2) is 0 Å². The molecule has 1 aliphatic rings. The first kappa shape index (κ1) is 22.4. The molecule has 0 unspecified atom stereocenters. The number of carbonyl (C=O) groups is 2. The van der Waals surface area contributed by atoms with Crippen molar-refractivity contribution in [3.63, 3.8) is 0 Å². The van der Waals surface area contributed by atoms with Gasteiger partial charge in [0.2, 0.25) is 6.10 Å². The quantitative estimate of drug-likeness (QED) is 0.489. The van der Waals surface area contributed by atoms with Crippen LogP contribution in [0.25, 0.3) is 0 Å². The minimum Gasteiger partial charge on any atom is -0.449 e. The number of amides is 1. The summed E-state index contributed by atoms with van der Waals surface area (Å²) in [4.78, 5) is 27.3. The maximum absolute atomic E-state index is 13.3. The van der Waals surface area contributed by atoms with E-state index >= 15 is 0 Å². The number of rotatable bonds is 7. The fourth-order valence-corrected chi connectivity index (χ4v) is 4.21. The maximum atomic E-state index is 13.3. The highest BCUT2D eigenvalue weighted by atomic mass is 32.2. The molecule has 1 aliphatic heterocycles. The van der Waals surface area contributed by atoms with E-state index in [1.165, 1.54) is 11.8 Å². The summed E-state index contributed by atoms with van der Waals surface area (Å²) in [6.07, 6.45) is -0.00774. The molecule has 144 valence electrons. The van der Waals surface area contributed by atoms with Crippen molar-refractivity contribution < 1.29 is 19.1 Å². The predicted octanol–water partition coefficient (Wildman–Crippen LogP) is 3.64. The van der Waals surface area contributed by atoms with E-state index in [-0.39, 0.29) is 17.9 Å². The van der Waals surface area contributed by atoms with Gasteiger partial charge in [-0.15, -0.1) is 0 Å². The van der Waals surface area contributed by atoms with Crippen LogP contribution in [0.15, 0.2) is 0 Å². The van der Waals surface area contributed by atoms with E-state index in [0.29, 0.717) is 10.7 Å². The SMILES string of the molecule is CCC[C@@H](OC)[C@@H](OC(=O)C(C)(C)C)C(=O)N1C(=S)SC[C@@H]1C(C)C. The Bertz CT molecular complexity index is 502. The fraction of sp³-hybridized carbons (Fsp3) is 0.833. The van der Waals surface area contributed by atoms with Crippen molar-refractivity contribution in [3.8, 4) is 0 Å². The highest BCUT2D eigenvalue weighted by Gasteiger charge is 2.44. The van der Waals surface area contributed by atoms with Crippen LogP contribution in [0.1, 0.15) is 54.4 Å². The van der Waals surface area contributed by atoms with Gasteiger partial charge in [-0.1, -0.05) is 51.2 Å². The van der Waals surface area contributed by atoms with Crippen LogP contribution < -0.4 is 0 Å². The number of ether oxygens (including phenoxy) is 2. The van der Waals surface area contributed by atoms with Crippen molar-refractivity contribution in [2.45, 2.75) is 72.6 Å². The second-order valence-electron chi connectivity index (χ2n) is 7.74. The first-order chi connectivity index (χ1) is 11.5. The Morgan fingerprint density at radius 2 is 1.96 bits per heavy atom. The number of thiocarbonyl (C=S) groups is 1. The average molecular weight is 390 g/mol. The Kier molecular flexibility index (Phi) is 8.35. The Hall–Kier alpha value is -0.660. The lowest BCUT2D eigenvalue weighted by Crippen LogP contribution is -2.52. The number of carbonyl (C=O) groups excluding carboxylic acids is 2. The molecule has 1 heterocycles. The fourth-order valence-electron chi connectivity index (χ4n) is 2.57. The molecule has 0 saturated carbocycles. The van der Waals surface area contributed by atoms with Crippen molar-refractivity contribution in [3.05, 3.63) is 0 Å². The van der Waals surface area contributed by atoms with Crippen molar-refractivity contribution >= 4 is 40.2 Å². The lowest BCUT2D eigenvalue weighted by molar-refractivity contribution is -0.175. The zero-order valence-corrected chi connectivity index (χ0v) is 18.0. The molecule has 0 aromatic carbocycles. The monoisotopic (exact) mass is 389 g/mol. The molecule has 5 nitrogen and oxygen atoms in total. The minimum atomic E-state index is -0.977. The molecular weight excluding hydrogens is 358 g/mol. The molecule has 0 aromatic rings. The molecule has 0 N–H and O–H groups in total. The van der Waals surface area contributed by atoms with Crippen LogP contribution in [0.2, 0.25) is 0 Å². The molecule has 0 bridgehead atoms. The zero-order chi connectivity index (χ0) is 19.4. The summed E-state index contributed by atoms with van der Waals surface area (Å²) in [5.74, 6) is 0.352. The molecule has 25 heavy (non-hydrogen) atoms. The average Bonchev–Trinajstić information content (AvgIpc) is 2.90.